The first-order valence-corrected chi connectivity index (χ1v) is 10.9. The summed E-state index contributed by atoms with van der Waals surface area (Å²) in [6.07, 6.45) is -3.09. The predicted molar refractivity (Wildman–Crippen MR) is 107 cm³/mol. The first-order chi connectivity index (χ1) is 14.2. The van der Waals surface area contributed by atoms with E-state index in [2.05, 4.69) is 14.9 Å². The van der Waals surface area contributed by atoms with Crippen LogP contribution in [0.5, 0.6) is 0 Å². The monoisotopic (exact) mass is 450 g/mol. The molecule has 0 unspecified atom stereocenters. The van der Waals surface area contributed by atoms with Gasteiger partial charge in [0.15, 0.2) is 5.69 Å². The summed E-state index contributed by atoms with van der Waals surface area (Å²) in [6.45, 7) is 0. The third-order valence-corrected chi connectivity index (χ3v) is 6.25. The Labute approximate surface area is 173 Å². The molecule has 0 radical (unpaired) electrons. The predicted octanol–water partition coefficient (Wildman–Crippen LogP) is 4.62. The zero-order chi connectivity index (χ0) is 21.4. The highest BCUT2D eigenvalue weighted by Gasteiger charge is 2.35. The fourth-order valence-corrected chi connectivity index (χ4v) is 4.34. The number of halogens is 3. The Morgan fingerprint density at radius 3 is 2.23 bits per heavy atom. The van der Waals surface area contributed by atoms with Gasteiger partial charge in [0.25, 0.3) is 10.0 Å². The lowest BCUT2D eigenvalue weighted by Gasteiger charge is -2.11. The third-order valence-electron chi connectivity index (χ3n) is 4.12. The molecule has 154 valence electrons. The number of sulfonamides is 1. The number of benzene rings is 2. The summed E-state index contributed by atoms with van der Waals surface area (Å²) < 4.78 is 64.9. The summed E-state index contributed by atoms with van der Waals surface area (Å²) in [6, 6.07) is 14.7. The van der Waals surface area contributed by atoms with E-state index >= 15 is 0 Å². The number of hydrogen-bond acceptors (Lipinski definition) is 5. The van der Waals surface area contributed by atoms with Crippen molar-refractivity contribution < 1.29 is 21.6 Å². The standard InChI is InChI=1S/C19H13F3N4O2S2/c20-19(21,22)17-12-16(13-6-8-14(9-7-13)18-23-10-11-29-18)26(24-17)25-30(27,28)15-4-2-1-3-5-15/h1-12,25H. The van der Waals surface area contributed by atoms with Crippen LogP contribution < -0.4 is 4.83 Å². The molecule has 0 spiro atoms. The van der Waals surface area contributed by atoms with E-state index in [0.717, 1.165) is 16.6 Å². The molecule has 0 bridgehead atoms. The highest BCUT2D eigenvalue weighted by Crippen LogP contribution is 2.32. The van der Waals surface area contributed by atoms with Gasteiger partial charge in [-0.3, -0.25) is 0 Å². The molecule has 11 heteroatoms. The van der Waals surface area contributed by atoms with E-state index in [0.29, 0.717) is 10.4 Å². The molecule has 1 N–H and O–H groups in total. The van der Waals surface area contributed by atoms with Crippen molar-refractivity contribution in [3.8, 4) is 21.8 Å². The zero-order valence-electron chi connectivity index (χ0n) is 15.0. The minimum Gasteiger partial charge on any atom is -0.245 e. The number of thiazole rings is 1. The molecule has 0 saturated heterocycles. The van der Waals surface area contributed by atoms with Crippen LogP contribution in [0.3, 0.4) is 0 Å². The molecule has 2 heterocycles. The molecule has 30 heavy (non-hydrogen) atoms. The van der Waals surface area contributed by atoms with Crippen LogP contribution in [0.4, 0.5) is 13.2 Å². The van der Waals surface area contributed by atoms with Crippen molar-refractivity contribution in [3.63, 3.8) is 0 Å². The Morgan fingerprint density at radius 2 is 1.63 bits per heavy atom. The average molecular weight is 450 g/mol. The molecular formula is C19H13F3N4O2S2. The fraction of sp³-hybridized carbons (Fsp3) is 0.0526. The second-order valence-electron chi connectivity index (χ2n) is 6.15. The highest BCUT2D eigenvalue weighted by atomic mass is 32.2. The van der Waals surface area contributed by atoms with Crippen LogP contribution in [0.25, 0.3) is 21.8 Å². The fourth-order valence-electron chi connectivity index (χ4n) is 2.71. The maximum atomic E-state index is 13.2. The molecule has 0 aliphatic heterocycles. The van der Waals surface area contributed by atoms with E-state index in [1.807, 2.05) is 5.38 Å². The second kappa shape index (κ2) is 7.58. The van der Waals surface area contributed by atoms with Crippen LogP contribution in [0.1, 0.15) is 5.69 Å². The van der Waals surface area contributed by atoms with E-state index in [-0.39, 0.29) is 10.6 Å². The maximum absolute atomic E-state index is 13.2. The number of rotatable bonds is 5. The quantitative estimate of drug-likeness (QED) is 0.481. The van der Waals surface area contributed by atoms with Crippen molar-refractivity contribution in [2.75, 3.05) is 4.83 Å². The Balaban J connectivity index is 1.75. The first-order valence-electron chi connectivity index (χ1n) is 8.49. The van der Waals surface area contributed by atoms with Crippen molar-refractivity contribution in [2.24, 2.45) is 0 Å². The van der Waals surface area contributed by atoms with E-state index in [1.165, 1.54) is 35.6 Å². The summed E-state index contributed by atoms with van der Waals surface area (Å²) in [5, 5.41) is 6.00. The highest BCUT2D eigenvalue weighted by molar-refractivity contribution is 7.92. The van der Waals surface area contributed by atoms with Crippen molar-refractivity contribution >= 4 is 21.4 Å². The lowest BCUT2D eigenvalue weighted by atomic mass is 10.1. The molecule has 0 aliphatic carbocycles. The molecule has 4 aromatic rings. The van der Waals surface area contributed by atoms with Crippen molar-refractivity contribution in [3.05, 3.63) is 77.9 Å². The molecule has 0 fully saturated rings. The lowest BCUT2D eigenvalue weighted by Crippen LogP contribution is -2.25. The molecule has 0 saturated carbocycles. The first kappa shape index (κ1) is 20.1. The van der Waals surface area contributed by atoms with Crippen molar-refractivity contribution in [1.29, 1.82) is 0 Å². The minimum atomic E-state index is -4.74. The molecule has 0 atom stereocenters. The van der Waals surface area contributed by atoms with Crippen LogP contribution >= 0.6 is 11.3 Å². The molecule has 6 nitrogen and oxygen atoms in total. The Kier molecular flexibility index (Phi) is 5.08. The number of nitrogens with one attached hydrogen (secondary N) is 1. The Morgan fingerprint density at radius 1 is 0.967 bits per heavy atom. The number of nitrogens with zero attached hydrogens (tertiary/aromatic N) is 3. The van der Waals surface area contributed by atoms with Crippen LogP contribution in [0, 0.1) is 0 Å². The van der Waals surface area contributed by atoms with Crippen molar-refractivity contribution in [2.45, 2.75) is 11.1 Å². The maximum Gasteiger partial charge on any atom is 0.435 e. The normalized spacial score (nSPS) is 12.1. The second-order valence-corrected chi connectivity index (χ2v) is 8.70. The van der Waals surface area contributed by atoms with Gasteiger partial charge in [-0.1, -0.05) is 42.5 Å². The van der Waals surface area contributed by atoms with Crippen LogP contribution in [-0.4, -0.2) is 23.3 Å². The van der Waals surface area contributed by atoms with E-state index in [4.69, 9.17) is 0 Å². The molecule has 0 aliphatic rings. The van der Waals surface area contributed by atoms with Gasteiger partial charge in [0.2, 0.25) is 0 Å². The average Bonchev–Trinajstić information content (AvgIpc) is 3.38. The van der Waals surface area contributed by atoms with Gasteiger partial charge in [-0.05, 0) is 18.2 Å². The molecule has 2 aromatic heterocycles. The minimum absolute atomic E-state index is 0.0486. The van der Waals surface area contributed by atoms with E-state index in [1.54, 1.807) is 36.5 Å². The summed E-state index contributed by atoms with van der Waals surface area (Å²) in [5.74, 6) is 0. The molecule has 0 amide bonds. The van der Waals surface area contributed by atoms with Gasteiger partial charge in [-0.15, -0.1) is 16.4 Å². The number of aromatic nitrogens is 3. The van der Waals surface area contributed by atoms with Gasteiger partial charge >= 0.3 is 6.18 Å². The van der Waals surface area contributed by atoms with Gasteiger partial charge < -0.3 is 0 Å². The van der Waals surface area contributed by atoms with Gasteiger partial charge in [0, 0.05) is 22.7 Å². The Hall–Kier alpha value is -3.18. The largest absolute Gasteiger partial charge is 0.435 e. The Bertz CT molecular complexity index is 1250. The lowest BCUT2D eigenvalue weighted by molar-refractivity contribution is -0.141. The van der Waals surface area contributed by atoms with Gasteiger partial charge in [-0.25, -0.2) is 4.98 Å². The van der Waals surface area contributed by atoms with Crippen LogP contribution in [-0.2, 0) is 16.2 Å². The summed E-state index contributed by atoms with van der Waals surface area (Å²) in [7, 11) is -4.14. The van der Waals surface area contributed by atoms with E-state index in [9.17, 15) is 21.6 Å². The van der Waals surface area contributed by atoms with Gasteiger partial charge in [0.1, 0.15) is 5.01 Å². The third kappa shape index (κ3) is 4.07. The number of alkyl halides is 3. The molecule has 4 rings (SSSR count). The summed E-state index contributed by atoms with van der Waals surface area (Å²) in [4.78, 5) is 6.82. The molecular weight excluding hydrogens is 437 g/mol. The zero-order valence-corrected chi connectivity index (χ0v) is 16.7. The van der Waals surface area contributed by atoms with Gasteiger partial charge in [0.05, 0.1) is 10.6 Å². The SMILES string of the molecule is O=S(=O)(Nn1nc(C(F)(F)F)cc1-c1ccc(-c2nccs2)cc1)c1ccccc1. The van der Waals surface area contributed by atoms with Crippen LogP contribution in [0.2, 0.25) is 0 Å². The van der Waals surface area contributed by atoms with Crippen LogP contribution in [0.15, 0.2) is 77.1 Å². The van der Waals surface area contributed by atoms with Gasteiger partial charge in [-0.2, -0.15) is 31.2 Å². The molecule has 2 aromatic carbocycles. The summed E-state index contributed by atoms with van der Waals surface area (Å²) >= 11 is 1.42. The van der Waals surface area contributed by atoms with E-state index < -0.39 is 21.9 Å². The topological polar surface area (TPSA) is 76.9 Å². The van der Waals surface area contributed by atoms with Crippen molar-refractivity contribution in [1.82, 2.24) is 14.9 Å². The smallest absolute Gasteiger partial charge is 0.245 e. The summed E-state index contributed by atoms with van der Waals surface area (Å²) in [5.41, 5.74) is -0.112. The number of hydrogen-bond donors (Lipinski definition) is 1.